The van der Waals surface area contributed by atoms with Crippen LogP contribution in [0.15, 0.2) is 61.2 Å². The van der Waals surface area contributed by atoms with Crippen molar-refractivity contribution in [3.05, 3.63) is 66.2 Å². The van der Waals surface area contributed by atoms with Gasteiger partial charge in [0.25, 0.3) is 0 Å². The van der Waals surface area contributed by atoms with E-state index in [1.807, 2.05) is 45.7 Å². The van der Waals surface area contributed by atoms with Crippen LogP contribution in [0.3, 0.4) is 0 Å². The minimum absolute atomic E-state index is 0.636. The Morgan fingerprint density at radius 3 is 2.82 bits per heavy atom. The Morgan fingerprint density at radius 2 is 2.00 bits per heavy atom. The van der Waals surface area contributed by atoms with E-state index in [4.69, 9.17) is 17.3 Å². The van der Waals surface area contributed by atoms with Crippen molar-refractivity contribution in [2.24, 2.45) is 0 Å². The zero-order chi connectivity index (χ0) is 15.1. The van der Waals surface area contributed by atoms with Crippen LogP contribution in [0.5, 0.6) is 0 Å². The minimum atomic E-state index is 0.636. The first-order valence-electron chi connectivity index (χ1n) is 6.75. The van der Waals surface area contributed by atoms with E-state index in [2.05, 4.69) is 10.1 Å². The maximum absolute atomic E-state index is 6.30. The third-order valence-electron chi connectivity index (χ3n) is 3.51. The van der Waals surface area contributed by atoms with Crippen LogP contribution in [0.2, 0.25) is 5.02 Å². The average molecular weight is 310 g/mol. The fourth-order valence-electron chi connectivity index (χ4n) is 2.45. The maximum Gasteiger partial charge on any atom is 0.140 e. The lowest BCUT2D eigenvalue weighted by atomic mass is 10.2. The first-order chi connectivity index (χ1) is 10.7. The molecule has 4 rings (SSSR count). The lowest BCUT2D eigenvalue weighted by molar-refractivity contribution is 0.969. The summed E-state index contributed by atoms with van der Waals surface area (Å²) in [5.74, 6) is 0. The number of benzene rings is 1. The molecule has 2 N–H and O–H groups in total. The van der Waals surface area contributed by atoms with Gasteiger partial charge >= 0.3 is 0 Å². The molecule has 108 valence electrons. The number of fused-ring (bicyclic) bond motifs is 1. The summed E-state index contributed by atoms with van der Waals surface area (Å²) in [6.07, 6.45) is 7.33. The molecule has 0 atom stereocenters. The molecule has 6 heteroatoms. The molecule has 0 fully saturated rings. The van der Waals surface area contributed by atoms with Gasteiger partial charge in [0, 0.05) is 42.1 Å². The molecule has 3 aromatic heterocycles. The summed E-state index contributed by atoms with van der Waals surface area (Å²) in [5.41, 5.74) is 10.1. The number of nitrogen functional groups attached to an aromatic ring is 1. The van der Waals surface area contributed by atoms with Gasteiger partial charge in [0.2, 0.25) is 0 Å². The number of imidazole rings is 1. The number of nitrogens with zero attached hydrogens (tertiary/aromatic N) is 4. The van der Waals surface area contributed by atoms with Gasteiger partial charge < -0.3 is 5.73 Å². The zero-order valence-corrected chi connectivity index (χ0v) is 12.3. The van der Waals surface area contributed by atoms with E-state index in [1.165, 1.54) is 0 Å². The summed E-state index contributed by atoms with van der Waals surface area (Å²) in [6, 6.07) is 11.3. The molecular formula is C16H12ClN5. The van der Waals surface area contributed by atoms with Crippen molar-refractivity contribution in [2.45, 2.75) is 0 Å². The third-order valence-corrected chi connectivity index (χ3v) is 3.83. The standard InChI is InChI=1S/C16H12ClN5/c17-13-4-3-12(18)8-15(13)21-6-7-22-16(21)9-14(20-22)11-2-1-5-19-10-11/h1-10H,18H2. The van der Waals surface area contributed by atoms with Crippen LogP contribution in [-0.4, -0.2) is 19.2 Å². The highest BCUT2D eigenvalue weighted by Crippen LogP contribution is 2.27. The van der Waals surface area contributed by atoms with Gasteiger partial charge in [-0.3, -0.25) is 9.55 Å². The number of halogens is 1. The first-order valence-corrected chi connectivity index (χ1v) is 7.13. The van der Waals surface area contributed by atoms with Crippen LogP contribution < -0.4 is 5.73 Å². The molecule has 0 radical (unpaired) electrons. The van der Waals surface area contributed by atoms with Gasteiger partial charge in [0.1, 0.15) is 5.65 Å². The van der Waals surface area contributed by atoms with Crippen molar-refractivity contribution in [1.29, 1.82) is 0 Å². The Kier molecular flexibility index (Phi) is 2.87. The first kappa shape index (κ1) is 12.9. The summed E-state index contributed by atoms with van der Waals surface area (Å²) < 4.78 is 3.77. The molecular weight excluding hydrogens is 298 g/mol. The van der Waals surface area contributed by atoms with Gasteiger partial charge in [-0.25, -0.2) is 4.52 Å². The smallest absolute Gasteiger partial charge is 0.140 e. The fraction of sp³-hybridized carbons (Fsp3) is 0. The van der Waals surface area contributed by atoms with Crippen LogP contribution in [0, 0.1) is 0 Å². The lowest BCUT2D eigenvalue weighted by Gasteiger charge is -2.07. The number of anilines is 1. The molecule has 0 aliphatic rings. The van der Waals surface area contributed by atoms with Crippen molar-refractivity contribution in [1.82, 2.24) is 19.2 Å². The second-order valence-corrected chi connectivity index (χ2v) is 5.36. The Bertz CT molecular complexity index is 955. The Hall–Kier alpha value is -2.79. The Morgan fingerprint density at radius 1 is 1.09 bits per heavy atom. The van der Waals surface area contributed by atoms with E-state index >= 15 is 0 Å². The largest absolute Gasteiger partial charge is 0.399 e. The number of rotatable bonds is 2. The van der Waals surface area contributed by atoms with Gasteiger partial charge in [-0.05, 0) is 30.3 Å². The van der Waals surface area contributed by atoms with Crippen molar-refractivity contribution in [2.75, 3.05) is 5.73 Å². The molecule has 0 saturated heterocycles. The maximum atomic E-state index is 6.30. The van der Waals surface area contributed by atoms with E-state index < -0.39 is 0 Å². The summed E-state index contributed by atoms with van der Waals surface area (Å²) in [7, 11) is 0. The van der Waals surface area contributed by atoms with Gasteiger partial charge in [-0.2, -0.15) is 5.10 Å². The molecule has 0 amide bonds. The fourth-order valence-corrected chi connectivity index (χ4v) is 2.66. The quantitative estimate of drug-likeness (QED) is 0.577. The van der Waals surface area contributed by atoms with Crippen molar-refractivity contribution in [3.63, 3.8) is 0 Å². The molecule has 1 aromatic carbocycles. The van der Waals surface area contributed by atoms with Crippen LogP contribution in [-0.2, 0) is 0 Å². The predicted molar refractivity (Wildman–Crippen MR) is 87.2 cm³/mol. The molecule has 0 bridgehead atoms. The van der Waals surface area contributed by atoms with Crippen molar-refractivity contribution >= 4 is 22.9 Å². The molecule has 5 nitrogen and oxygen atoms in total. The van der Waals surface area contributed by atoms with Crippen LogP contribution in [0.1, 0.15) is 0 Å². The van der Waals surface area contributed by atoms with Crippen LogP contribution in [0.4, 0.5) is 5.69 Å². The molecule has 0 aliphatic heterocycles. The van der Waals surface area contributed by atoms with Crippen molar-refractivity contribution in [3.8, 4) is 16.9 Å². The minimum Gasteiger partial charge on any atom is -0.399 e. The van der Waals surface area contributed by atoms with E-state index in [-0.39, 0.29) is 0 Å². The molecule has 0 unspecified atom stereocenters. The summed E-state index contributed by atoms with van der Waals surface area (Å²) in [5, 5.41) is 5.20. The normalized spacial score (nSPS) is 11.1. The molecule has 0 spiro atoms. The number of hydrogen-bond acceptors (Lipinski definition) is 3. The predicted octanol–water partition coefficient (Wildman–Crippen LogP) is 3.42. The van der Waals surface area contributed by atoms with Crippen LogP contribution in [0.25, 0.3) is 22.6 Å². The van der Waals surface area contributed by atoms with Crippen molar-refractivity contribution < 1.29 is 0 Å². The second-order valence-electron chi connectivity index (χ2n) is 4.95. The summed E-state index contributed by atoms with van der Waals surface area (Å²) in [6.45, 7) is 0. The van der Waals surface area contributed by atoms with Crippen LogP contribution >= 0.6 is 11.6 Å². The molecule has 4 aromatic rings. The SMILES string of the molecule is Nc1ccc(Cl)c(-n2ccn3nc(-c4cccnc4)cc23)c1. The topological polar surface area (TPSA) is 61.1 Å². The highest BCUT2D eigenvalue weighted by molar-refractivity contribution is 6.32. The Balaban J connectivity index is 1.90. The highest BCUT2D eigenvalue weighted by atomic mass is 35.5. The van der Waals surface area contributed by atoms with E-state index in [0.717, 1.165) is 22.6 Å². The molecule has 3 heterocycles. The number of nitrogens with two attached hydrogens (primary N) is 1. The number of pyridine rings is 1. The molecule has 22 heavy (non-hydrogen) atoms. The molecule has 0 aliphatic carbocycles. The summed E-state index contributed by atoms with van der Waals surface area (Å²) >= 11 is 6.30. The summed E-state index contributed by atoms with van der Waals surface area (Å²) in [4.78, 5) is 4.13. The monoisotopic (exact) mass is 309 g/mol. The van der Waals surface area contributed by atoms with E-state index in [1.54, 1.807) is 24.5 Å². The van der Waals surface area contributed by atoms with E-state index in [0.29, 0.717) is 10.7 Å². The number of aromatic nitrogens is 4. The van der Waals surface area contributed by atoms with Gasteiger partial charge in [-0.15, -0.1) is 0 Å². The lowest BCUT2D eigenvalue weighted by Crippen LogP contribution is -1.95. The third kappa shape index (κ3) is 2.03. The van der Waals surface area contributed by atoms with Gasteiger partial charge in [0.15, 0.2) is 0 Å². The highest BCUT2D eigenvalue weighted by Gasteiger charge is 2.11. The zero-order valence-electron chi connectivity index (χ0n) is 11.5. The van der Waals surface area contributed by atoms with Gasteiger partial charge in [0.05, 0.1) is 16.4 Å². The average Bonchev–Trinajstić information content (AvgIpc) is 3.11. The second kappa shape index (κ2) is 4.89. The number of hydrogen-bond donors (Lipinski definition) is 1. The van der Waals surface area contributed by atoms with Gasteiger partial charge in [-0.1, -0.05) is 11.6 Å². The Labute approximate surface area is 131 Å². The van der Waals surface area contributed by atoms with E-state index in [9.17, 15) is 0 Å². The molecule has 0 saturated carbocycles.